The summed E-state index contributed by atoms with van der Waals surface area (Å²) in [5.74, 6) is -0.132. The molecule has 1 saturated carbocycles. The molecule has 0 bridgehead atoms. The fourth-order valence-electron chi connectivity index (χ4n) is 2.26. The second-order valence-corrected chi connectivity index (χ2v) is 5.30. The van der Waals surface area contributed by atoms with Crippen molar-refractivity contribution in [3.63, 3.8) is 0 Å². The molecule has 4 nitrogen and oxygen atoms in total. The summed E-state index contributed by atoms with van der Waals surface area (Å²) in [6.07, 6.45) is 6.45. The lowest BCUT2D eigenvalue weighted by molar-refractivity contribution is 0.0180. The van der Waals surface area contributed by atoms with Crippen molar-refractivity contribution in [2.45, 2.75) is 19.3 Å². The van der Waals surface area contributed by atoms with Crippen molar-refractivity contribution >= 4 is 17.5 Å². The summed E-state index contributed by atoms with van der Waals surface area (Å²) >= 11 is 5.80. The largest absolute Gasteiger partial charge is 0.384 e. The Morgan fingerprint density at radius 1 is 1.56 bits per heavy atom. The molecule has 0 atom stereocenters. The highest BCUT2D eigenvalue weighted by molar-refractivity contribution is 6.30. The van der Waals surface area contributed by atoms with Crippen LogP contribution in [0.5, 0.6) is 0 Å². The van der Waals surface area contributed by atoms with Gasteiger partial charge in [0.1, 0.15) is 0 Å². The van der Waals surface area contributed by atoms with Gasteiger partial charge in [0.25, 0.3) is 5.91 Å². The van der Waals surface area contributed by atoms with Gasteiger partial charge in [-0.25, -0.2) is 0 Å². The third-order valence-electron chi connectivity index (χ3n) is 3.46. The molecule has 0 radical (unpaired) electrons. The Kier molecular flexibility index (Phi) is 4.19. The van der Waals surface area contributed by atoms with E-state index in [1.54, 1.807) is 13.2 Å². The molecule has 0 saturated heterocycles. The lowest BCUT2D eigenvalue weighted by Gasteiger charge is -2.41. The maximum Gasteiger partial charge on any atom is 0.252 e. The molecule has 18 heavy (non-hydrogen) atoms. The quantitative estimate of drug-likeness (QED) is 0.891. The topological polar surface area (TPSA) is 51.2 Å². The third kappa shape index (κ3) is 3.00. The van der Waals surface area contributed by atoms with Crippen molar-refractivity contribution in [1.82, 2.24) is 10.3 Å². The molecule has 0 aliphatic heterocycles. The van der Waals surface area contributed by atoms with Crippen molar-refractivity contribution in [2.75, 3.05) is 20.3 Å². The van der Waals surface area contributed by atoms with Crippen LogP contribution >= 0.6 is 11.6 Å². The van der Waals surface area contributed by atoms with E-state index in [-0.39, 0.29) is 11.3 Å². The van der Waals surface area contributed by atoms with Crippen LogP contribution in [0.2, 0.25) is 5.02 Å². The van der Waals surface area contributed by atoms with Crippen molar-refractivity contribution in [3.8, 4) is 0 Å². The first-order valence-electron chi connectivity index (χ1n) is 6.03. The lowest BCUT2D eigenvalue weighted by Crippen LogP contribution is -2.45. The van der Waals surface area contributed by atoms with Crippen LogP contribution in [0, 0.1) is 5.41 Å². The van der Waals surface area contributed by atoms with Crippen LogP contribution in [0.4, 0.5) is 0 Å². The van der Waals surface area contributed by atoms with E-state index in [0.717, 1.165) is 12.8 Å². The molecule has 1 amide bonds. The number of carbonyl (C=O) groups is 1. The van der Waals surface area contributed by atoms with Crippen LogP contribution in [-0.2, 0) is 4.74 Å². The Balaban J connectivity index is 1.92. The molecular formula is C13H17ClN2O2. The molecule has 5 heteroatoms. The van der Waals surface area contributed by atoms with Gasteiger partial charge in [-0.05, 0) is 18.9 Å². The van der Waals surface area contributed by atoms with E-state index in [9.17, 15) is 4.79 Å². The van der Waals surface area contributed by atoms with Crippen LogP contribution < -0.4 is 5.32 Å². The molecule has 1 aliphatic carbocycles. The molecule has 1 fully saturated rings. The van der Waals surface area contributed by atoms with Gasteiger partial charge in [-0.3, -0.25) is 9.78 Å². The van der Waals surface area contributed by atoms with Crippen molar-refractivity contribution in [2.24, 2.45) is 5.41 Å². The molecule has 0 unspecified atom stereocenters. The summed E-state index contributed by atoms with van der Waals surface area (Å²) in [7, 11) is 1.70. The first-order chi connectivity index (χ1) is 8.65. The monoisotopic (exact) mass is 268 g/mol. The van der Waals surface area contributed by atoms with E-state index < -0.39 is 0 Å². The van der Waals surface area contributed by atoms with Crippen LogP contribution in [0.1, 0.15) is 29.6 Å². The number of amides is 1. The highest BCUT2D eigenvalue weighted by atomic mass is 35.5. The number of carbonyl (C=O) groups excluding carboxylic acids is 1. The molecule has 1 N–H and O–H groups in total. The van der Waals surface area contributed by atoms with Crippen LogP contribution in [-0.4, -0.2) is 31.2 Å². The van der Waals surface area contributed by atoms with E-state index in [1.807, 2.05) is 0 Å². The minimum Gasteiger partial charge on any atom is -0.384 e. The van der Waals surface area contributed by atoms with Gasteiger partial charge >= 0.3 is 0 Å². The van der Waals surface area contributed by atoms with Gasteiger partial charge in [-0.2, -0.15) is 0 Å². The standard InChI is InChI=1S/C13H17ClN2O2/c1-18-9-13(3-2-4-13)8-16-12(17)10-5-11(14)7-15-6-10/h5-7H,2-4,8-9H2,1H3,(H,16,17). The second kappa shape index (κ2) is 5.67. The Morgan fingerprint density at radius 2 is 2.33 bits per heavy atom. The molecule has 1 heterocycles. The van der Waals surface area contributed by atoms with Gasteiger partial charge in [0.2, 0.25) is 0 Å². The van der Waals surface area contributed by atoms with Crippen molar-refractivity contribution in [3.05, 3.63) is 29.0 Å². The maximum atomic E-state index is 11.9. The average Bonchev–Trinajstić information content (AvgIpc) is 2.32. The predicted octanol–water partition coefficient (Wildman–Crippen LogP) is 2.28. The Morgan fingerprint density at radius 3 is 2.89 bits per heavy atom. The van der Waals surface area contributed by atoms with E-state index in [4.69, 9.17) is 16.3 Å². The first kappa shape index (κ1) is 13.3. The fourth-order valence-corrected chi connectivity index (χ4v) is 2.43. The van der Waals surface area contributed by atoms with E-state index in [1.165, 1.54) is 18.8 Å². The van der Waals surface area contributed by atoms with Gasteiger partial charge in [-0.15, -0.1) is 0 Å². The van der Waals surface area contributed by atoms with Crippen LogP contribution in [0.3, 0.4) is 0 Å². The van der Waals surface area contributed by atoms with E-state index >= 15 is 0 Å². The zero-order valence-corrected chi connectivity index (χ0v) is 11.2. The highest BCUT2D eigenvalue weighted by Crippen LogP contribution is 2.40. The van der Waals surface area contributed by atoms with Crippen LogP contribution in [0.25, 0.3) is 0 Å². The SMILES string of the molecule is COCC1(CNC(=O)c2cncc(Cl)c2)CCC1. The summed E-state index contributed by atoms with van der Waals surface area (Å²) in [6.45, 7) is 1.34. The summed E-state index contributed by atoms with van der Waals surface area (Å²) in [5, 5.41) is 3.41. The van der Waals surface area contributed by atoms with Gasteiger partial charge in [0.15, 0.2) is 0 Å². The number of rotatable bonds is 5. The number of methoxy groups -OCH3 is 1. The van der Waals surface area contributed by atoms with Crippen molar-refractivity contribution < 1.29 is 9.53 Å². The molecular weight excluding hydrogens is 252 g/mol. The number of nitrogens with zero attached hydrogens (tertiary/aromatic N) is 1. The Bertz CT molecular complexity index is 433. The minimum atomic E-state index is -0.132. The Hall–Kier alpha value is -1.13. The summed E-state index contributed by atoms with van der Waals surface area (Å²) in [4.78, 5) is 15.8. The predicted molar refractivity (Wildman–Crippen MR) is 69.7 cm³/mol. The first-order valence-corrected chi connectivity index (χ1v) is 6.41. The molecule has 1 aromatic rings. The van der Waals surface area contributed by atoms with Crippen LogP contribution in [0.15, 0.2) is 18.5 Å². The minimum absolute atomic E-state index is 0.121. The number of nitrogens with one attached hydrogen (secondary N) is 1. The van der Waals surface area contributed by atoms with Gasteiger partial charge in [0, 0.05) is 31.5 Å². The van der Waals surface area contributed by atoms with E-state index in [0.29, 0.717) is 23.7 Å². The highest BCUT2D eigenvalue weighted by Gasteiger charge is 2.37. The average molecular weight is 269 g/mol. The van der Waals surface area contributed by atoms with Crippen molar-refractivity contribution in [1.29, 1.82) is 0 Å². The normalized spacial score (nSPS) is 17.0. The van der Waals surface area contributed by atoms with E-state index in [2.05, 4.69) is 10.3 Å². The smallest absolute Gasteiger partial charge is 0.252 e. The number of halogens is 1. The number of pyridine rings is 1. The molecule has 0 spiro atoms. The second-order valence-electron chi connectivity index (χ2n) is 4.86. The summed E-state index contributed by atoms with van der Waals surface area (Å²) in [6, 6.07) is 1.62. The third-order valence-corrected chi connectivity index (χ3v) is 3.66. The molecule has 0 aromatic carbocycles. The van der Waals surface area contributed by atoms with Gasteiger partial charge < -0.3 is 10.1 Å². The number of ether oxygens (including phenoxy) is 1. The molecule has 2 rings (SSSR count). The number of hydrogen-bond donors (Lipinski definition) is 1. The van der Waals surface area contributed by atoms with Gasteiger partial charge in [-0.1, -0.05) is 18.0 Å². The number of aromatic nitrogens is 1. The summed E-state index contributed by atoms with van der Waals surface area (Å²) < 4.78 is 5.22. The van der Waals surface area contributed by atoms with Gasteiger partial charge in [0.05, 0.1) is 17.2 Å². The fraction of sp³-hybridized carbons (Fsp3) is 0.538. The molecule has 1 aromatic heterocycles. The molecule has 1 aliphatic rings. The zero-order valence-electron chi connectivity index (χ0n) is 10.4. The zero-order chi connectivity index (χ0) is 13.0. The maximum absolute atomic E-state index is 11.9. The lowest BCUT2D eigenvalue weighted by atomic mass is 9.69. The summed E-state index contributed by atoms with van der Waals surface area (Å²) in [5.41, 5.74) is 0.616. The number of hydrogen-bond acceptors (Lipinski definition) is 3. The molecule has 98 valence electrons. The Labute approximate surface area is 112 Å².